The normalized spacial score (nSPS) is 14.8. The van der Waals surface area contributed by atoms with E-state index in [1.807, 2.05) is 24.3 Å². The highest BCUT2D eigenvalue weighted by molar-refractivity contribution is 7.80. The summed E-state index contributed by atoms with van der Waals surface area (Å²) in [7, 11) is 0. The van der Waals surface area contributed by atoms with Crippen LogP contribution >= 0.6 is 12.6 Å². The topological polar surface area (TPSA) is 53.4 Å². The van der Waals surface area contributed by atoms with Gasteiger partial charge in [0.15, 0.2) is 0 Å². The van der Waals surface area contributed by atoms with Gasteiger partial charge in [0.05, 0.1) is 11.6 Å². The second-order valence-corrected chi connectivity index (χ2v) is 4.39. The lowest BCUT2D eigenvalue weighted by Crippen LogP contribution is -2.19. The highest BCUT2D eigenvalue weighted by Crippen LogP contribution is 2.25. The number of aromatic nitrogens is 1. The van der Waals surface area contributed by atoms with Gasteiger partial charge in [-0.05, 0) is 18.2 Å². The fraction of sp³-hybridized carbons (Fsp3) is 0.308. The SMILES string of the molecule is OC(CCS)C(O)c1cccc2cccnc12. The molecule has 17 heavy (non-hydrogen) atoms. The van der Waals surface area contributed by atoms with Crippen molar-refractivity contribution in [1.29, 1.82) is 0 Å². The molecule has 2 N–H and O–H groups in total. The van der Waals surface area contributed by atoms with Crippen molar-refractivity contribution < 1.29 is 10.2 Å². The fourth-order valence-electron chi connectivity index (χ4n) is 1.86. The Morgan fingerprint density at radius 3 is 2.71 bits per heavy atom. The molecule has 2 unspecified atom stereocenters. The molecule has 90 valence electrons. The smallest absolute Gasteiger partial charge is 0.107 e. The molecule has 4 heteroatoms. The van der Waals surface area contributed by atoms with Gasteiger partial charge in [0.2, 0.25) is 0 Å². The van der Waals surface area contributed by atoms with Crippen LogP contribution in [-0.4, -0.2) is 27.1 Å². The van der Waals surface area contributed by atoms with Crippen LogP contribution in [0, 0.1) is 0 Å². The van der Waals surface area contributed by atoms with Crippen LogP contribution in [0.15, 0.2) is 36.5 Å². The number of thiol groups is 1. The predicted molar refractivity (Wildman–Crippen MR) is 71.2 cm³/mol. The largest absolute Gasteiger partial charge is 0.390 e. The molecule has 3 nitrogen and oxygen atoms in total. The van der Waals surface area contributed by atoms with E-state index in [0.29, 0.717) is 17.7 Å². The summed E-state index contributed by atoms with van der Waals surface area (Å²) < 4.78 is 0. The number of fused-ring (bicyclic) bond motifs is 1. The van der Waals surface area contributed by atoms with Crippen LogP contribution in [0.4, 0.5) is 0 Å². The lowest BCUT2D eigenvalue weighted by atomic mass is 9.99. The van der Waals surface area contributed by atoms with Crippen LogP contribution in [-0.2, 0) is 0 Å². The van der Waals surface area contributed by atoms with Crippen molar-refractivity contribution in [3.05, 3.63) is 42.1 Å². The molecule has 0 fully saturated rings. The first-order valence-electron chi connectivity index (χ1n) is 5.54. The zero-order chi connectivity index (χ0) is 12.3. The number of nitrogens with zero attached hydrogens (tertiary/aromatic N) is 1. The molecule has 1 heterocycles. The lowest BCUT2D eigenvalue weighted by molar-refractivity contribution is 0.0180. The van der Waals surface area contributed by atoms with Gasteiger partial charge in [-0.1, -0.05) is 24.3 Å². The molecular weight excluding hydrogens is 234 g/mol. The summed E-state index contributed by atoms with van der Waals surface area (Å²) in [6.07, 6.45) is 0.415. The minimum Gasteiger partial charge on any atom is -0.390 e. The second kappa shape index (κ2) is 5.49. The van der Waals surface area contributed by atoms with E-state index in [1.54, 1.807) is 12.3 Å². The molecule has 0 saturated heterocycles. The summed E-state index contributed by atoms with van der Waals surface area (Å²) in [5.41, 5.74) is 1.40. The van der Waals surface area contributed by atoms with Gasteiger partial charge >= 0.3 is 0 Å². The van der Waals surface area contributed by atoms with E-state index in [1.165, 1.54) is 0 Å². The molecule has 0 saturated carbocycles. The van der Waals surface area contributed by atoms with Gasteiger partial charge in [0.25, 0.3) is 0 Å². The van der Waals surface area contributed by atoms with E-state index in [0.717, 1.165) is 10.9 Å². The van der Waals surface area contributed by atoms with Crippen molar-refractivity contribution in [3.63, 3.8) is 0 Å². The van der Waals surface area contributed by atoms with Crippen LogP contribution in [0.2, 0.25) is 0 Å². The Hall–Kier alpha value is -1.10. The third-order valence-corrected chi connectivity index (χ3v) is 3.03. The second-order valence-electron chi connectivity index (χ2n) is 3.95. The molecule has 0 bridgehead atoms. The van der Waals surface area contributed by atoms with Crippen LogP contribution < -0.4 is 0 Å². The first kappa shape index (κ1) is 12.4. The summed E-state index contributed by atoms with van der Waals surface area (Å²) >= 11 is 4.05. The van der Waals surface area contributed by atoms with E-state index in [4.69, 9.17) is 0 Å². The van der Waals surface area contributed by atoms with Crippen LogP contribution in [0.5, 0.6) is 0 Å². The Balaban J connectivity index is 2.41. The Bertz CT molecular complexity index is 498. The van der Waals surface area contributed by atoms with Gasteiger partial charge in [-0.25, -0.2) is 0 Å². The molecule has 0 aliphatic rings. The minimum atomic E-state index is -0.916. The third-order valence-electron chi connectivity index (χ3n) is 2.77. The van der Waals surface area contributed by atoms with Crippen LogP contribution in [0.25, 0.3) is 10.9 Å². The number of benzene rings is 1. The number of hydrogen-bond donors (Lipinski definition) is 3. The van der Waals surface area contributed by atoms with Gasteiger partial charge in [0.1, 0.15) is 6.10 Å². The molecule has 0 radical (unpaired) electrons. The molecule has 0 spiro atoms. The zero-order valence-electron chi connectivity index (χ0n) is 9.32. The zero-order valence-corrected chi connectivity index (χ0v) is 10.2. The number of aliphatic hydroxyl groups excluding tert-OH is 2. The fourth-order valence-corrected chi connectivity index (χ4v) is 2.13. The molecular formula is C13H15NO2S. The first-order chi connectivity index (χ1) is 8.24. The van der Waals surface area contributed by atoms with E-state index >= 15 is 0 Å². The van der Waals surface area contributed by atoms with Crippen molar-refractivity contribution in [3.8, 4) is 0 Å². The number of hydrogen-bond acceptors (Lipinski definition) is 4. The van der Waals surface area contributed by atoms with Gasteiger partial charge < -0.3 is 10.2 Å². The number of aliphatic hydroxyl groups is 2. The number of para-hydroxylation sites is 1. The van der Waals surface area contributed by atoms with Crippen molar-refractivity contribution in [2.24, 2.45) is 0 Å². The summed E-state index contributed by atoms with van der Waals surface area (Å²) in [5, 5.41) is 20.9. The molecule has 0 aliphatic heterocycles. The van der Waals surface area contributed by atoms with Gasteiger partial charge in [0, 0.05) is 17.1 Å². The van der Waals surface area contributed by atoms with E-state index in [2.05, 4.69) is 17.6 Å². The standard InChI is InChI=1S/C13H15NO2S/c15-11(6-8-17)13(16)10-5-1-3-9-4-2-7-14-12(9)10/h1-5,7,11,13,15-17H,6,8H2. The summed E-state index contributed by atoms with van der Waals surface area (Å²) in [6, 6.07) is 9.37. The summed E-state index contributed by atoms with van der Waals surface area (Å²) in [6.45, 7) is 0. The lowest BCUT2D eigenvalue weighted by Gasteiger charge is -2.18. The molecule has 1 aromatic heterocycles. The third kappa shape index (κ3) is 2.60. The van der Waals surface area contributed by atoms with Crippen molar-refractivity contribution >= 4 is 23.5 Å². The maximum absolute atomic E-state index is 10.1. The maximum Gasteiger partial charge on any atom is 0.107 e. The van der Waals surface area contributed by atoms with E-state index in [9.17, 15) is 10.2 Å². The Labute approximate surface area is 106 Å². The molecule has 0 aliphatic carbocycles. The first-order valence-corrected chi connectivity index (χ1v) is 6.18. The van der Waals surface area contributed by atoms with Crippen LogP contribution in [0.3, 0.4) is 0 Å². The Kier molecular flexibility index (Phi) is 3.99. The quantitative estimate of drug-likeness (QED) is 0.726. The average Bonchev–Trinajstić information content (AvgIpc) is 2.37. The van der Waals surface area contributed by atoms with Crippen molar-refractivity contribution in [1.82, 2.24) is 4.98 Å². The van der Waals surface area contributed by atoms with Gasteiger partial charge in [-0.2, -0.15) is 12.6 Å². The van der Waals surface area contributed by atoms with E-state index in [-0.39, 0.29) is 0 Å². The molecule has 0 amide bonds. The van der Waals surface area contributed by atoms with Crippen molar-refractivity contribution in [2.45, 2.75) is 18.6 Å². The minimum absolute atomic E-state index is 0.452. The van der Waals surface area contributed by atoms with Crippen LogP contribution in [0.1, 0.15) is 18.1 Å². The highest BCUT2D eigenvalue weighted by Gasteiger charge is 2.19. The van der Waals surface area contributed by atoms with Gasteiger partial charge in [-0.3, -0.25) is 4.98 Å². The number of pyridine rings is 1. The predicted octanol–water partition coefficient (Wildman–Crippen LogP) is 1.95. The molecule has 1 aromatic carbocycles. The Morgan fingerprint density at radius 2 is 1.94 bits per heavy atom. The van der Waals surface area contributed by atoms with E-state index < -0.39 is 12.2 Å². The molecule has 2 rings (SSSR count). The summed E-state index contributed by atoms with van der Waals surface area (Å²) in [5.74, 6) is 0.538. The number of rotatable bonds is 4. The van der Waals surface area contributed by atoms with Crippen molar-refractivity contribution in [2.75, 3.05) is 5.75 Å². The molecule has 2 aromatic rings. The van der Waals surface area contributed by atoms with Gasteiger partial charge in [-0.15, -0.1) is 0 Å². The Morgan fingerprint density at radius 1 is 1.18 bits per heavy atom. The molecule has 2 atom stereocenters. The highest BCUT2D eigenvalue weighted by atomic mass is 32.1. The average molecular weight is 249 g/mol. The monoisotopic (exact) mass is 249 g/mol. The maximum atomic E-state index is 10.1. The summed E-state index contributed by atoms with van der Waals surface area (Å²) in [4.78, 5) is 4.25.